The summed E-state index contributed by atoms with van der Waals surface area (Å²) in [5.41, 5.74) is 1.84. The van der Waals surface area contributed by atoms with Crippen molar-refractivity contribution in [1.29, 1.82) is 0 Å². The average Bonchev–Trinajstić information content (AvgIpc) is 2.94. The van der Waals surface area contributed by atoms with Crippen LogP contribution in [0.1, 0.15) is 6.42 Å². The van der Waals surface area contributed by atoms with Gasteiger partial charge in [0.1, 0.15) is 5.75 Å². The molecule has 2 aliphatic heterocycles. The molecule has 0 unspecified atom stereocenters. The maximum atomic E-state index is 12.5. The number of nitrogens with zero attached hydrogens (tertiary/aromatic N) is 1. The Hall–Kier alpha value is -2.93. The van der Waals surface area contributed by atoms with Crippen LogP contribution in [0.2, 0.25) is 0 Å². The molecule has 1 amide bonds. The average molecular weight is 384 g/mol. The minimum atomic E-state index is 0.00238. The minimum absolute atomic E-state index is 0.00238. The summed E-state index contributed by atoms with van der Waals surface area (Å²) in [4.78, 5) is 16.0. The second-order valence-corrected chi connectivity index (χ2v) is 7.19. The van der Waals surface area contributed by atoms with Gasteiger partial charge in [-0.1, -0.05) is 0 Å². The van der Waals surface area contributed by atoms with Gasteiger partial charge in [0.15, 0.2) is 18.0 Å². The Morgan fingerprint density at radius 3 is 2.50 bits per heavy atom. The first-order chi connectivity index (χ1) is 13.7. The molecular weight excluding hydrogens is 358 g/mol. The summed E-state index contributed by atoms with van der Waals surface area (Å²) in [5.74, 6) is 1.69. The van der Waals surface area contributed by atoms with Gasteiger partial charge in [0.2, 0.25) is 0 Å². The van der Waals surface area contributed by atoms with Crippen molar-refractivity contribution in [2.75, 3.05) is 56.2 Å². The summed E-state index contributed by atoms with van der Waals surface area (Å²) in [6.07, 6.45) is 0.857. The van der Waals surface area contributed by atoms with Gasteiger partial charge in [-0.2, -0.15) is 0 Å². The maximum absolute atomic E-state index is 12.5. The highest BCUT2D eigenvalue weighted by atomic mass is 16.5. The number of carbonyl (C=O) groups is 1. The SMILES string of the molecule is O=C(C[NH+]1CCN(c2ccc(O)cc2)CC1)Nc1ccc2c(c1)OCCCO2. The molecule has 4 rings (SSSR count). The highest BCUT2D eigenvalue weighted by molar-refractivity contribution is 5.91. The van der Waals surface area contributed by atoms with E-state index < -0.39 is 0 Å². The minimum Gasteiger partial charge on any atom is -0.508 e. The third-order valence-corrected chi connectivity index (χ3v) is 5.13. The van der Waals surface area contributed by atoms with Gasteiger partial charge in [-0.25, -0.2) is 0 Å². The lowest BCUT2D eigenvalue weighted by Gasteiger charge is -2.33. The molecule has 7 nitrogen and oxygen atoms in total. The molecule has 0 bridgehead atoms. The van der Waals surface area contributed by atoms with Crippen LogP contribution in [0.25, 0.3) is 0 Å². The lowest BCUT2D eigenvalue weighted by molar-refractivity contribution is -0.892. The van der Waals surface area contributed by atoms with Crippen molar-refractivity contribution in [1.82, 2.24) is 0 Å². The fourth-order valence-corrected chi connectivity index (χ4v) is 3.59. The fourth-order valence-electron chi connectivity index (χ4n) is 3.59. The van der Waals surface area contributed by atoms with E-state index >= 15 is 0 Å². The first kappa shape index (κ1) is 18.4. The lowest BCUT2D eigenvalue weighted by Crippen LogP contribution is -3.15. The monoisotopic (exact) mass is 384 g/mol. The molecular formula is C21H26N3O4+. The molecule has 0 spiro atoms. The quantitative estimate of drug-likeness (QED) is 0.730. The van der Waals surface area contributed by atoms with Crippen LogP contribution < -0.4 is 24.6 Å². The Morgan fingerprint density at radius 1 is 1.04 bits per heavy atom. The molecule has 2 aromatic rings. The first-order valence-electron chi connectivity index (χ1n) is 9.74. The van der Waals surface area contributed by atoms with Crippen LogP contribution in [0.15, 0.2) is 42.5 Å². The maximum Gasteiger partial charge on any atom is 0.279 e. The number of aromatic hydroxyl groups is 1. The zero-order chi connectivity index (χ0) is 19.3. The number of amides is 1. The topological polar surface area (TPSA) is 75.5 Å². The molecule has 0 radical (unpaired) electrons. The molecule has 1 saturated heterocycles. The zero-order valence-corrected chi connectivity index (χ0v) is 15.8. The second kappa shape index (κ2) is 8.39. The Labute approximate surface area is 164 Å². The number of anilines is 2. The smallest absolute Gasteiger partial charge is 0.279 e. The summed E-state index contributed by atoms with van der Waals surface area (Å²) >= 11 is 0. The first-order valence-corrected chi connectivity index (χ1v) is 9.74. The van der Waals surface area contributed by atoms with Crippen molar-refractivity contribution in [3.05, 3.63) is 42.5 Å². The second-order valence-electron chi connectivity index (χ2n) is 7.19. The van der Waals surface area contributed by atoms with Gasteiger partial charge >= 0.3 is 0 Å². The van der Waals surface area contributed by atoms with E-state index in [0.29, 0.717) is 25.5 Å². The van der Waals surface area contributed by atoms with Crippen molar-refractivity contribution in [3.63, 3.8) is 0 Å². The third kappa shape index (κ3) is 4.48. The van der Waals surface area contributed by atoms with Crippen LogP contribution in [-0.2, 0) is 4.79 Å². The lowest BCUT2D eigenvalue weighted by atomic mass is 10.2. The third-order valence-electron chi connectivity index (χ3n) is 5.13. The molecule has 0 aliphatic carbocycles. The van der Waals surface area contributed by atoms with E-state index in [9.17, 15) is 9.90 Å². The van der Waals surface area contributed by atoms with Crippen molar-refractivity contribution in [3.8, 4) is 17.2 Å². The van der Waals surface area contributed by atoms with Crippen molar-refractivity contribution in [2.45, 2.75) is 6.42 Å². The van der Waals surface area contributed by atoms with E-state index in [4.69, 9.17) is 9.47 Å². The van der Waals surface area contributed by atoms with Crippen molar-refractivity contribution < 1.29 is 24.3 Å². The Kier molecular flexibility index (Phi) is 5.53. The number of rotatable bonds is 4. The molecule has 0 aromatic heterocycles. The molecule has 148 valence electrons. The molecule has 7 heteroatoms. The molecule has 0 saturated carbocycles. The number of carbonyl (C=O) groups excluding carboxylic acids is 1. The highest BCUT2D eigenvalue weighted by Crippen LogP contribution is 2.32. The summed E-state index contributed by atoms with van der Waals surface area (Å²) in [7, 11) is 0. The van der Waals surface area contributed by atoms with Gasteiger partial charge in [-0.3, -0.25) is 4.79 Å². The molecule has 1 fully saturated rings. The summed E-state index contributed by atoms with van der Waals surface area (Å²) in [5, 5.41) is 12.4. The number of ether oxygens (including phenoxy) is 2. The fraction of sp³-hybridized carbons (Fsp3) is 0.381. The summed E-state index contributed by atoms with van der Waals surface area (Å²) < 4.78 is 11.3. The number of hydrogen-bond acceptors (Lipinski definition) is 5. The Balaban J connectivity index is 1.28. The van der Waals surface area contributed by atoms with Crippen LogP contribution >= 0.6 is 0 Å². The van der Waals surface area contributed by atoms with Gasteiger partial charge < -0.3 is 29.7 Å². The van der Waals surface area contributed by atoms with E-state index in [-0.39, 0.29) is 11.7 Å². The molecule has 2 heterocycles. The summed E-state index contributed by atoms with van der Waals surface area (Å²) in [6.45, 7) is 5.29. The van der Waals surface area contributed by atoms with Gasteiger partial charge in [-0.05, 0) is 36.4 Å². The van der Waals surface area contributed by atoms with Gasteiger partial charge in [0.25, 0.3) is 5.91 Å². The van der Waals surface area contributed by atoms with E-state index in [1.807, 2.05) is 30.3 Å². The van der Waals surface area contributed by atoms with Crippen molar-refractivity contribution in [2.24, 2.45) is 0 Å². The van der Waals surface area contributed by atoms with Gasteiger partial charge in [-0.15, -0.1) is 0 Å². The number of phenolic OH excluding ortho intramolecular Hbond substituents is 1. The number of hydrogen-bond donors (Lipinski definition) is 3. The number of quaternary nitrogens is 1. The highest BCUT2D eigenvalue weighted by Gasteiger charge is 2.22. The largest absolute Gasteiger partial charge is 0.508 e. The zero-order valence-electron chi connectivity index (χ0n) is 15.8. The van der Waals surface area contributed by atoms with E-state index in [1.165, 1.54) is 4.90 Å². The Bertz CT molecular complexity index is 817. The number of nitrogens with one attached hydrogen (secondary N) is 2. The van der Waals surface area contributed by atoms with Crippen LogP contribution in [-0.4, -0.2) is 57.0 Å². The number of phenols is 1. The van der Waals surface area contributed by atoms with Gasteiger partial charge in [0.05, 0.1) is 39.4 Å². The molecule has 2 aromatic carbocycles. The van der Waals surface area contributed by atoms with E-state index in [2.05, 4.69) is 10.2 Å². The standard InChI is InChI=1S/C21H25N3O4/c25-18-5-3-17(4-6-18)24-10-8-23(9-11-24)15-21(26)22-16-2-7-19-20(14-16)28-13-1-12-27-19/h2-7,14,25H,1,8-13,15H2,(H,22,26)/p+1. The number of benzene rings is 2. The van der Waals surface area contributed by atoms with Crippen LogP contribution in [0.4, 0.5) is 11.4 Å². The van der Waals surface area contributed by atoms with Crippen LogP contribution in [0.5, 0.6) is 17.2 Å². The van der Waals surface area contributed by atoms with E-state index in [0.717, 1.165) is 49.7 Å². The number of piperazine rings is 1. The number of fused-ring (bicyclic) bond motifs is 1. The van der Waals surface area contributed by atoms with Crippen LogP contribution in [0.3, 0.4) is 0 Å². The molecule has 0 atom stereocenters. The molecule has 28 heavy (non-hydrogen) atoms. The molecule has 3 N–H and O–H groups in total. The van der Waals surface area contributed by atoms with E-state index in [1.54, 1.807) is 12.1 Å². The summed E-state index contributed by atoms with van der Waals surface area (Å²) in [6, 6.07) is 12.8. The molecule has 2 aliphatic rings. The van der Waals surface area contributed by atoms with Crippen LogP contribution in [0, 0.1) is 0 Å². The van der Waals surface area contributed by atoms with Gasteiger partial charge in [0, 0.05) is 23.9 Å². The Morgan fingerprint density at radius 2 is 1.75 bits per heavy atom. The normalized spacial score (nSPS) is 17.1. The predicted octanol–water partition coefficient (Wildman–Crippen LogP) is 0.897. The predicted molar refractivity (Wildman–Crippen MR) is 107 cm³/mol. The van der Waals surface area contributed by atoms with Crippen molar-refractivity contribution >= 4 is 17.3 Å².